The lowest BCUT2D eigenvalue weighted by molar-refractivity contribution is -0.301. The molecule has 306 valence electrons. The number of carbonyl (C=O) groups is 5. The van der Waals surface area contributed by atoms with Crippen LogP contribution in [0.5, 0.6) is 0 Å². The fourth-order valence-electron chi connectivity index (χ4n) is 5.40. The lowest BCUT2D eigenvalue weighted by atomic mass is 9.94. The summed E-state index contributed by atoms with van der Waals surface area (Å²) in [5, 5.41) is 10.6. The van der Waals surface area contributed by atoms with Gasteiger partial charge in [-0.25, -0.2) is 28.2 Å². The molecule has 4 rings (SSSR count). The third-order valence-corrected chi connectivity index (χ3v) is 10.9. The number of phosphoric ester groups is 1. The molecule has 0 amide bonds. The number of hydrogen-bond acceptors (Lipinski definition) is 22. The van der Waals surface area contributed by atoms with Gasteiger partial charge in [-0.2, -0.15) is 0 Å². The highest BCUT2D eigenvalue weighted by molar-refractivity contribution is 8.08. The number of nitrogens with zero attached hydrogens (tertiary/aromatic N) is 4. The standard InChI is InChI=1S/C27H36FN5O19P2S/c1-10(34)43-6-16(45-11(2)35)20-21(46-12(3)36)22(47-13(4)37)23(48-14(5)38)27(50-20)51-53(40,41)52-54(42,55)44-7-15-17(28)19(39)26(49-15)33-9-32-18-24(29)30-8-31-25(18)33/h8-9,15-17,19-23,26-27,39H,6-7H2,1-5H3,(H,40,41)(H,42,55)(H2,29,30,31)/t15-,16-,17?,19?,20?,21-,22?,23?,26-,27+,54?/m1/s1. The summed E-state index contributed by atoms with van der Waals surface area (Å²) in [4.78, 5) is 93.5. The van der Waals surface area contributed by atoms with E-state index in [1.807, 2.05) is 0 Å². The number of halogens is 1. The van der Waals surface area contributed by atoms with Crippen molar-refractivity contribution in [2.45, 2.75) is 96.0 Å². The van der Waals surface area contributed by atoms with Gasteiger partial charge in [0, 0.05) is 34.6 Å². The van der Waals surface area contributed by atoms with E-state index in [2.05, 4.69) is 15.0 Å². The Morgan fingerprint density at radius 2 is 1.56 bits per heavy atom. The topological polar surface area (TPSA) is 325 Å². The average molecular weight is 848 g/mol. The summed E-state index contributed by atoms with van der Waals surface area (Å²) in [7, 11) is -5.77. The monoisotopic (exact) mass is 847 g/mol. The molecule has 7 unspecified atom stereocenters. The lowest BCUT2D eigenvalue weighted by Gasteiger charge is -2.45. The maximum absolute atomic E-state index is 15.2. The van der Waals surface area contributed by atoms with Crippen LogP contribution in [0.4, 0.5) is 10.2 Å². The number of fused-ring (bicyclic) bond motifs is 1. The van der Waals surface area contributed by atoms with Crippen LogP contribution in [0.3, 0.4) is 0 Å². The summed E-state index contributed by atoms with van der Waals surface area (Å²) >= 11 is 4.83. The quantitative estimate of drug-likeness (QED) is 0.0986. The summed E-state index contributed by atoms with van der Waals surface area (Å²) < 4.78 is 81.6. The Labute approximate surface area is 314 Å². The molecular formula is C27H36FN5O19P2S. The van der Waals surface area contributed by atoms with Crippen LogP contribution in [0, 0.1) is 0 Å². The fourth-order valence-corrected chi connectivity index (χ4v) is 8.49. The van der Waals surface area contributed by atoms with Crippen molar-refractivity contribution in [2.24, 2.45) is 0 Å². The van der Waals surface area contributed by atoms with Crippen LogP contribution in [-0.2, 0) is 86.9 Å². The van der Waals surface area contributed by atoms with E-state index in [0.717, 1.165) is 51.8 Å². The molecule has 0 radical (unpaired) electrons. The molecule has 2 saturated heterocycles. The van der Waals surface area contributed by atoms with Crippen LogP contribution in [0.25, 0.3) is 11.2 Å². The van der Waals surface area contributed by atoms with E-state index in [9.17, 15) is 43.4 Å². The Morgan fingerprint density at radius 3 is 2.16 bits per heavy atom. The van der Waals surface area contributed by atoms with Gasteiger partial charge >= 0.3 is 44.4 Å². The molecule has 2 aliphatic heterocycles. The molecule has 55 heavy (non-hydrogen) atoms. The van der Waals surface area contributed by atoms with Gasteiger partial charge in [0.1, 0.15) is 36.8 Å². The Balaban J connectivity index is 1.57. The highest BCUT2D eigenvalue weighted by Crippen LogP contribution is 2.62. The first kappa shape index (κ1) is 43.9. The van der Waals surface area contributed by atoms with Gasteiger partial charge in [0.15, 0.2) is 48.3 Å². The van der Waals surface area contributed by atoms with E-state index in [1.54, 1.807) is 0 Å². The highest BCUT2D eigenvalue weighted by atomic mass is 32.5. The van der Waals surface area contributed by atoms with Crippen LogP contribution in [0.15, 0.2) is 12.7 Å². The zero-order valence-corrected chi connectivity index (χ0v) is 31.9. The predicted octanol–water partition coefficient (Wildman–Crippen LogP) is -0.613. The first-order valence-electron chi connectivity index (χ1n) is 15.7. The molecular weight excluding hydrogens is 811 g/mol. The molecule has 0 bridgehead atoms. The molecule has 2 aromatic rings. The zero-order chi connectivity index (χ0) is 41.0. The molecule has 28 heteroatoms. The largest absolute Gasteiger partial charge is 0.481 e. The van der Waals surface area contributed by atoms with Gasteiger partial charge in [-0.05, 0) is 11.8 Å². The minimum Gasteiger partial charge on any atom is -0.462 e. The number of imidazole rings is 1. The molecule has 2 aromatic heterocycles. The SMILES string of the molecule is CC(=O)OC[C@@H](OC(C)=O)C1O[C@@H](OP(=O)(O)OP(O)(=S)OC[C@H]2O[C@@H](n3cnc4c(N)ncnc43)C(O)C2F)C(OC(C)=O)C(OC(C)=O)[C@@H]1OC(C)=O. The summed E-state index contributed by atoms with van der Waals surface area (Å²) in [5.41, 5.74) is 5.98. The molecule has 0 spiro atoms. The number of ether oxygens (including phenoxy) is 7. The third kappa shape index (κ3) is 11.4. The first-order chi connectivity index (χ1) is 25.6. The number of nitrogen functional groups attached to an aromatic ring is 1. The van der Waals surface area contributed by atoms with Crippen LogP contribution in [-0.4, -0.2) is 133 Å². The minimum atomic E-state index is -5.77. The van der Waals surface area contributed by atoms with Crippen LogP contribution < -0.4 is 5.73 Å². The van der Waals surface area contributed by atoms with Crippen molar-refractivity contribution >= 4 is 73.2 Å². The maximum atomic E-state index is 15.2. The average Bonchev–Trinajstić information content (AvgIpc) is 3.60. The van der Waals surface area contributed by atoms with E-state index >= 15 is 4.39 Å². The Hall–Kier alpha value is -3.81. The molecule has 24 nitrogen and oxygen atoms in total. The molecule has 12 atom stereocenters. The van der Waals surface area contributed by atoms with Gasteiger partial charge in [-0.15, -0.1) is 0 Å². The molecule has 2 aliphatic rings. The summed E-state index contributed by atoms with van der Waals surface area (Å²) in [6.07, 6.45) is -16.7. The second kappa shape index (κ2) is 18.0. The molecule has 0 aromatic carbocycles. The van der Waals surface area contributed by atoms with E-state index in [-0.39, 0.29) is 17.0 Å². The van der Waals surface area contributed by atoms with E-state index in [0.29, 0.717) is 0 Å². The first-order valence-corrected chi connectivity index (χ1v) is 19.8. The number of rotatable bonds is 15. The number of alkyl halides is 1. The number of phosphoric acid groups is 1. The van der Waals surface area contributed by atoms with Gasteiger partial charge in [-0.3, -0.25) is 33.1 Å². The summed E-state index contributed by atoms with van der Waals surface area (Å²) in [6.45, 7) is -2.03. The van der Waals surface area contributed by atoms with Gasteiger partial charge in [0.2, 0.25) is 6.29 Å². The normalized spacial score (nSPS) is 29.3. The molecule has 2 fully saturated rings. The van der Waals surface area contributed by atoms with E-state index in [1.165, 1.54) is 0 Å². The molecule has 0 aliphatic carbocycles. The van der Waals surface area contributed by atoms with Crippen molar-refractivity contribution < 1.29 is 94.3 Å². The van der Waals surface area contributed by atoms with Gasteiger partial charge < -0.3 is 58.3 Å². The van der Waals surface area contributed by atoms with Crippen molar-refractivity contribution in [3.05, 3.63) is 12.7 Å². The summed E-state index contributed by atoms with van der Waals surface area (Å²) in [5.74, 6) is -5.08. The van der Waals surface area contributed by atoms with E-state index < -0.39 is 119 Å². The van der Waals surface area contributed by atoms with E-state index in [4.69, 9.17) is 64.1 Å². The molecule has 4 heterocycles. The number of esters is 5. The van der Waals surface area contributed by atoms with Crippen LogP contribution in [0.1, 0.15) is 40.8 Å². The van der Waals surface area contributed by atoms with Crippen molar-refractivity contribution in [2.75, 3.05) is 18.9 Å². The highest BCUT2D eigenvalue weighted by Gasteiger charge is 2.57. The van der Waals surface area contributed by atoms with Gasteiger partial charge in [0.25, 0.3) is 0 Å². The predicted molar refractivity (Wildman–Crippen MR) is 177 cm³/mol. The van der Waals surface area contributed by atoms with Crippen LogP contribution >= 0.6 is 14.5 Å². The van der Waals surface area contributed by atoms with Crippen LogP contribution in [0.2, 0.25) is 0 Å². The van der Waals surface area contributed by atoms with Crippen molar-refractivity contribution in [1.82, 2.24) is 19.5 Å². The number of carbonyl (C=O) groups excluding carboxylic acids is 5. The maximum Gasteiger partial charge on any atom is 0.481 e. The number of aliphatic hydroxyl groups is 1. The van der Waals surface area contributed by atoms with Gasteiger partial charge in [0.05, 0.1) is 12.9 Å². The lowest BCUT2D eigenvalue weighted by Crippen LogP contribution is -2.65. The van der Waals surface area contributed by atoms with Gasteiger partial charge in [-0.1, -0.05) is 0 Å². The Kier molecular flexibility index (Phi) is 14.4. The Morgan fingerprint density at radius 1 is 0.945 bits per heavy atom. The van der Waals surface area contributed by atoms with Crippen molar-refractivity contribution in [3.63, 3.8) is 0 Å². The number of hydrogen-bond donors (Lipinski definition) is 4. The fraction of sp³-hybridized carbons (Fsp3) is 0.630. The summed E-state index contributed by atoms with van der Waals surface area (Å²) in [6, 6.07) is 0. The molecule has 5 N–H and O–H groups in total. The Bertz CT molecular complexity index is 1870. The van der Waals surface area contributed by atoms with Crippen molar-refractivity contribution in [3.8, 4) is 0 Å². The third-order valence-electron chi connectivity index (χ3n) is 7.37. The number of aromatic nitrogens is 4. The minimum absolute atomic E-state index is 0.00710. The molecule has 0 saturated carbocycles. The smallest absolute Gasteiger partial charge is 0.462 e. The van der Waals surface area contributed by atoms with Crippen molar-refractivity contribution in [1.29, 1.82) is 0 Å². The number of aliphatic hydroxyl groups excluding tert-OH is 1. The second-order valence-electron chi connectivity index (χ2n) is 11.6. The number of anilines is 1. The second-order valence-corrected chi connectivity index (χ2v) is 16.0. The number of nitrogens with two attached hydrogens (primary N) is 1. The zero-order valence-electron chi connectivity index (χ0n) is 29.3.